The Morgan fingerprint density at radius 3 is 2.42 bits per heavy atom. The zero-order valence-electron chi connectivity index (χ0n) is 19.1. The van der Waals surface area contributed by atoms with Gasteiger partial charge in [-0.25, -0.2) is 4.79 Å². The molecule has 0 radical (unpaired) electrons. The molecule has 0 aliphatic carbocycles. The fourth-order valence-corrected chi connectivity index (χ4v) is 3.03. The molecule has 0 unspecified atom stereocenters. The van der Waals surface area contributed by atoms with Gasteiger partial charge in [0.2, 0.25) is 0 Å². The van der Waals surface area contributed by atoms with Crippen molar-refractivity contribution in [3.05, 3.63) is 59.2 Å². The Morgan fingerprint density at radius 1 is 1.00 bits per heavy atom. The molecule has 0 aromatic heterocycles. The van der Waals surface area contributed by atoms with E-state index in [0.29, 0.717) is 32.4 Å². The summed E-state index contributed by atoms with van der Waals surface area (Å²) in [6.45, 7) is 10.2. The van der Waals surface area contributed by atoms with Crippen LogP contribution in [0.2, 0.25) is 0 Å². The van der Waals surface area contributed by atoms with Crippen molar-refractivity contribution in [1.82, 2.24) is 5.32 Å². The predicted octanol–water partition coefficient (Wildman–Crippen LogP) is 5.35. The van der Waals surface area contributed by atoms with Crippen LogP contribution in [0.1, 0.15) is 50.8 Å². The van der Waals surface area contributed by atoms with E-state index < -0.39 is 11.7 Å². The molecule has 0 heterocycles. The third-order valence-corrected chi connectivity index (χ3v) is 4.48. The van der Waals surface area contributed by atoms with Gasteiger partial charge in [0.05, 0.1) is 6.61 Å². The first-order valence-corrected chi connectivity index (χ1v) is 10.7. The number of amides is 1. The van der Waals surface area contributed by atoms with Gasteiger partial charge < -0.3 is 19.5 Å². The number of hydrogen-bond donors (Lipinski definition) is 1. The van der Waals surface area contributed by atoms with Crippen LogP contribution in [0.3, 0.4) is 0 Å². The molecule has 6 heteroatoms. The summed E-state index contributed by atoms with van der Waals surface area (Å²) in [6.07, 6.45) is 1.19. The van der Waals surface area contributed by atoms with Crippen molar-refractivity contribution in [1.29, 1.82) is 0 Å². The van der Waals surface area contributed by atoms with Crippen LogP contribution in [0.5, 0.6) is 11.5 Å². The van der Waals surface area contributed by atoms with Crippen LogP contribution in [-0.4, -0.2) is 30.8 Å². The van der Waals surface area contributed by atoms with Gasteiger partial charge >= 0.3 is 12.1 Å². The summed E-state index contributed by atoms with van der Waals surface area (Å²) in [5.41, 5.74) is 2.62. The summed E-state index contributed by atoms with van der Waals surface area (Å²) < 4.78 is 16.4. The number of nitrogens with one attached hydrogen (secondary N) is 1. The summed E-state index contributed by atoms with van der Waals surface area (Å²) in [5.74, 6) is 1.29. The van der Waals surface area contributed by atoms with Crippen LogP contribution in [0.15, 0.2) is 42.5 Å². The SMILES string of the molecule is CCOC(=O)CCc1ccc(Oc2ccccc2CCNC(=O)OC(C)(C)C)cc1C. The Morgan fingerprint density at radius 2 is 1.74 bits per heavy atom. The second-order valence-electron chi connectivity index (χ2n) is 8.28. The summed E-state index contributed by atoms with van der Waals surface area (Å²) in [7, 11) is 0. The molecular formula is C25H33NO5. The Bertz CT molecular complexity index is 886. The van der Waals surface area contributed by atoms with Gasteiger partial charge in [-0.1, -0.05) is 24.3 Å². The highest BCUT2D eigenvalue weighted by Crippen LogP contribution is 2.27. The number of esters is 1. The molecule has 31 heavy (non-hydrogen) atoms. The van der Waals surface area contributed by atoms with E-state index in [1.54, 1.807) is 6.92 Å². The van der Waals surface area contributed by atoms with Crippen LogP contribution in [0.25, 0.3) is 0 Å². The summed E-state index contributed by atoms with van der Waals surface area (Å²) in [6, 6.07) is 13.6. The van der Waals surface area contributed by atoms with Crippen molar-refractivity contribution in [3.63, 3.8) is 0 Å². The van der Waals surface area contributed by atoms with E-state index in [1.807, 2.05) is 70.2 Å². The minimum Gasteiger partial charge on any atom is -0.466 e. The number of benzene rings is 2. The number of rotatable bonds is 9. The van der Waals surface area contributed by atoms with E-state index in [0.717, 1.165) is 28.2 Å². The Hall–Kier alpha value is -3.02. The van der Waals surface area contributed by atoms with Crippen LogP contribution in [-0.2, 0) is 27.1 Å². The fraction of sp³-hybridized carbons (Fsp3) is 0.440. The van der Waals surface area contributed by atoms with Gasteiger partial charge in [0, 0.05) is 13.0 Å². The molecule has 0 atom stereocenters. The molecule has 1 amide bonds. The molecule has 0 bridgehead atoms. The van der Waals surface area contributed by atoms with Gasteiger partial charge in [-0.3, -0.25) is 4.79 Å². The fourth-order valence-electron chi connectivity index (χ4n) is 3.03. The maximum absolute atomic E-state index is 11.8. The van der Waals surface area contributed by atoms with E-state index in [9.17, 15) is 9.59 Å². The van der Waals surface area contributed by atoms with Gasteiger partial charge in [-0.2, -0.15) is 0 Å². The predicted molar refractivity (Wildman–Crippen MR) is 121 cm³/mol. The Kier molecular flexibility index (Phi) is 8.91. The van der Waals surface area contributed by atoms with Gasteiger partial charge in [0.15, 0.2) is 0 Å². The quantitative estimate of drug-likeness (QED) is 0.546. The van der Waals surface area contributed by atoms with E-state index in [2.05, 4.69) is 5.32 Å². The van der Waals surface area contributed by atoms with Gasteiger partial charge in [0.25, 0.3) is 0 Å². The van der Waals surface area contributed by atoms with Crippen molar-refractivity contribution in [3.8, 4) is 11.5 Å². The van der Waals surface area contributed by atoms with Crippen LogP contribution in [0.4, 0.5) is 4.79 Å². The molecule has 168 valence electrons. The van der Waals surface area contributed by atoms with Gasteiger partial charge in [-0.15, -0.1) is 0 Å². The van der Waals surface area contributed by atoms with Crippen molar-refractivity contribution in [2.24, 2.45) is 0 Å². The van der Waals surface area contributed by atoms with E-state index >= 15 is 0 Å². The monoisotopic (exact) mass is 427 g/mol. The first-order chi connectivity index (χ1) is 14.7. The number of aryl methyl sites for hydroxylation is 2. The molecule has 2 aromatic rings. The highest BCUT2D eigenvalue weighted by atomic mass is 16.6. The van der Waals surface area contributed by atoms with Crippen molar-refractivity contribution in [2.75, 3.05) is 13.2 Å². The molecule has 0 spiro atoms. The lowest BCUT2D eigenvalue weighted by molar-refractivity contribution is -0.143. The Balaban J connectivity index is 1.96. The van der Waals surface area contributed by atoms with E-state index in [1.165, 1.54) is 0 Å². The number of ether oxygens (including phenoxy) is 3. The van der Waals surface area contributed by atoms with Crippen molar-refractivity contribution >= 4 is 12.1 Å². The standard InChI is InChI=1S/C25H33NO5/c1-6-29-23(27)14-12-19-11-13-21(17-18(19)2)30-22-10-8-7-9-20(22)15-16-26-24(28)31-25(3,4)5/h7-11,13,17H,6,12,14-16H2,1-5H3,(H,26,28). The normalized spacial score (nSPS) is 11.0. The number of carbonyl (C=O) groups is 2. The topological polar surface area (TPSA) is 73.9 Å². The Labute approximate surface area is 184 Å². The largest absolute Gasteiger partial charge is 0.466 e. The first kappa shape index (κ1) is 24.3. The van der Waals surface area contributed by atoms with E-state index in [-0.39, 0.29) is 5.97 Å². The van der Waals surface area contributed by atoms with Crippen molar-refractivity contribution < 1.29 is 23.8 Å². The minimum atomic E-state index is -0.522. The molecule has 2 aromatic carbocycles. The molecule has 0 fully saturated rings. The molecule has 0 aliphatic rings. The molecular weight excluding hydrogens is 394 g/mol. The smallest absolute Gasteiger partial charge is 0.407 e. The lowest BCUT2D eigenvalue weighted by atomic mass is 10.0. The van der Waals surface area contributed by atoms with Crippen LogP contribution < -0.4 is 10.1 Å². The first-order valence-electron chi connectivity index (χ1n) is 10.7. The number of alkyl carbamates (subject to hydrolysis) is 1. The maximum Gasteiger partial charge on any atom is 0.407 e. The molecule has 0 saturated carbocycles. The zero-order chi connectivity index (χ0) is 22.9. The highest BCUT2D eigenvalue weighted by molar-refractivity contribution is 5.69. The second kappa shape index (κ2) is 11.4. The average Bonchev–Trinajstić information content (AvgIpc) is 2.67. The van der Waals surface area contributed by atoms with Crippen LogP contribution >= 0.6 is 0 Å². The summed E-state index contributed by atoms with van der Waals surface area (Å²) >= 11 is 0. The zero-order valence-corrected chi connectivity index (χ0v) is 19.1. The molecule has 0 aliphatic heterocycles. The lowest BCUT2D eigenvalue weighted by Crippen LogP contribution is -2.33. The van der Waals surface area contributed by atoms with Gasteiger partial charge in [0.1, 0.15) is 17.1 Å². The summed E-state index contributed by atoms with van der Waals surface area (Å²) in [5, 5.41) is 2.77. The second-order valence-corrected chi connectivity index (χ2v) is 8.28. The van der Waals surface area contributed by atoms with Gasteiger partial charge in [-0.05, 0) is 82.3 Å². The highest BCUT2D eigenvalue weighted by Gasteiger charge is 2.16. The average molecular weight is 428 g/mol. The number of carbonyl (C=O) groups excluding carboxylic acids is 2. The molecule has 6 nitrogen and oxygen atoms in total. The summed E-state index contributed by atoms with van der Waals surface area (Å²) in [4.78, 5) is 23.4. The van der Waals surface area contributed by atoms with E-state index in [4.69, 9.17) is 14.2 Å². The third kappa shape index (κ3) is 8.70. The molecule has 0 saturated heterocycles. The number of para-hydroxylation sites is 1. The molecule has 1 N–H and O–H groups in total. The van der Waals surface area contributed by atoms with Crippen molar-refractivity contribution in [2.45, 2.75) is 59.5 Å². The lowest BCUT2D eigenvalue weighted by Gasteiger charge is -2.19. The minimum absolute atomic E-state index is 0.184. The van der Waals surface area contributed by atoms with Crippen LogP contribution in [0, 0.1) is 6.92 Å². The number of hydrogen-bond acceptors (Lipinski definition) is 5. The maximum atomic E-state index is 11.8. The molecule has 2 rings (SSSR count). The third-order valence-electron chi connectivity index (χ3n) is 4.48.